The number of hydrogen-bond acceptors (Lipinski definition) is 5. The predicted octanol–water partition coefficient (Wildman–Crippen LogP) is 2.37. The van der Waals surface area contributed by atoms with Crippen molar-refractivity contribution in [3.05, 3.63) is 47.3 Å². The van der Waals surface area contributed by atoms with E-state index >= 15 is 0 Å². The Bertz CT molecular complexity index is 926. The van der Waals surface area contributed by atoms with Gasteiger partial charge in [-0.05, 0) is 32.0 Å². The normalized spacial score (nSPS) is 13.5. The van der Waals surface area contributed by atoms with Crippen LogP contribution < -0.4 is 5.32 Å². The molecule has 2 aromatic rings. The van der Waals surface area contributed by atoms with Gasteiger partial charge < -0.3 is 10.4 Å². The number of Topliss-reactive ketones (excluding diaryl/α,β-unsaturated/α-hetero) is 1. The van der Waals surface area contributed by atoms with Crippen molar-refractivity contribution in [3.8, 4) is 6.07 Å². The molecular weight excluding hydrogens is 365 g/mol. The molecule has 1 unspecified atom stereocenters. The predicted molar refractivity (Wildman–Crippen MR) is 87.6 cm³/mol. The second-order valence-electron chi connectivity index (χ2n) is 6.08. The van der Waals surface area contributed by atoms with E-state index in [1.165, 1.54) is 30.1 Å². The highest BCUT2D eigenvalue weighted by Gasteiger charge is 2.35. The molecule has 0 aliphatic heterocycles. The number of nitrogens with one attached hydrogen (secondary N) is 1. The van der Waals surface area contributed by atoms with Gasteiger partial charge in [-0.2, -0.15) is 23.5 Å². The van der Waals surface area contributed by atoms with Gasteiger partial charge in [0.1, 0.15) is 0 Å². The van der Waals surface area contributed by atoms with Crippen LogP contribution in [0.15, 0.2) is 30.6 Å². The van der Waals surface area contributed by atoms with Gasteiger partial charge >= 0.3 is 6.18 Å². The first-order valence-corrected chi connectivity index (χ1v) is 7.62. The van der Waals surface area contributed by atoms with Crippen molar-refractivity contribution in [3.63, 3.8) is 0 Å². The van der Waals surface area contributed by atoms with Crippen molar-refractivity contribution < 1.29 is 27.9 Å². The SMILES string of the molecule is CC(=O)c1cnn(CC(C)(O)C(=O)Nc2ccc(C#N)c(C(F)(F)F)c2)c1. The number of amides is 1. The Labute approximate surface area is 152 Å². The van der Waals surface area contributed by atoms with E-state index in [9.17, 15) is 27.9 Å². The lowest BCUT2D eigenvalue weighted by molar-refractivity contribution is -0.138. The molecule has 1 aromatic carbocycles. The largest absolute Gasteiger partial charge is 0.417 e. The van der Waals surface area contributed by atoms with Crippen molar-refractivity contribution in [2.75, 3.05) is 5.32 Å². The van der Waals surface area contributed by atoms with Gasteiger partial charge in [-0.25, -0.2) is 0 Å². The fourth-order valence-corrected chi connectivity index (χ4v) is 2.24. The molecule has 2 N–H and O–H groups in total. The number of carbonyl (C=O) groups is 2. The van der Waals surface area contributed by atoms with Crippen molar-refractivity contribution in [1.29, 1.82) is 5.26 Å². The van der Waals surface area contributed by atoms with E-state index in [0.717, 1.165) is 19.1 Å². The molecule has 0 radical (unpaired) electrons. The summed E-state index contributed by atoms with van der Waals surface area (Å²) >= 11 is 0. The van der Waals surface area contributed by atoms with Crippen LogP contribution in [0, 0.1) is 11.3 Å². The number of anilines is 1. The van der Waals surface area contributed by atoms with Gasteiger partial charge in [0.15, 0.2) is 11.4 Å². The Morgan fingerprint density at radius 3 is 2.56 bits per heavy atom. The van der Waals surface area contributed by atoms with E-state index < -0.39 is 28.8 Å². The minimum absolute atomic E-state index is 0.225. The second kappa shape index (κ2) is 7.20. The monoisotopic (exact) mass is 380 g/mol. The summed E-state index contributed by atoms with van der Waals surface area (Å²) in [5.74, 6) is -1.22. The van der Waals surface area contributed by atoms with Crippen LogP contribution in [0.25, 0.3) is 0 Å². The Kier molecular flexibility index (Phi) is 5.37. The van der Waals surface area contributed by atoms with Crippen LogP contribution in [0.4, 0.5) is 18.9 Å². The third-order valence-corrected chi connectivity index (χ3v) is 3.70. The molecule has 0 bridgehead atoms. The summed E-state index contributed by atoms with van der Waals surface area (Å²) < 4.78 is 40.1. The quantitative estimate of drug-likeness (QED) is 0.775. The topological polar surface area (TPSA) is 108 Å². The van der Waals surface area contributed by atoms with Gasteiger partial charge in [0, 0.05) is 11.9 Å². The maximum Gasteiger partial charge on any atom is 0.417 e. The summed E-state index contributed by atoms with van der Waals surface area (Å²) in [6, 6.07) is 4.11. The molecule has 0 fully saturated rings. The summed E-state index contributed by atoms with van der Waals surface area (Å²) in [5.41, 5.74) is -3.74. The summed E-state index contributed by atoms with van der Waals surface area (Å²) in [6.45, 7) is 2.16. The van der Waals surface area contributed by atoms with Crippen LogP contribution in [-0.4, -0.2) is 32.2 Å². The number of aliphatic hydroxyl groups is 1. The number of hydrogen-bond donors (Lipinski definition) is 2. The first-order chi connectivity index (χ1) is 12.4. The van der Waals surface area contributed by atoms with Crippen LogP contribution in [0.3, 0.4) is 0 Å². The fraction of sp³-hybridized carbons (Fsp3) is 0.294. The van der Waals surface area contributed by atoms with E-state index in [1.54, 1.807) is 0 Å². The lowest BCUT2D eigenvalue weighted by atomic mass is 10.0. The van der Waals surface area contributed by atoms with Crippen molar-refractivity contribution in [2.24, 2.45) is 0 Å². The van der Waals surface area contributed by atoms with Gasteiger partial charge in [0.2, 0.25) is 0 Å². The van der Waals surface area contributed by atoms with Crippen LogP contribution in [0.1, 0.15) is 35.3 Å². The first-order valence-electron chi connectivity index (χ1n) is 7.62. The Morgan fingerprint density at radius 1 is 1.37 bits per heavy atom. The summed E-state index contributed by atoms with van der Waals surface area (Å²) in [5, 5.41) is 25.2. The van der Waals surface area contributed by atoms with Gasteiger partial charge in [0.05, 0.1) is 35.5 Å². The smallest absolute Gasteiger partial charge is 0.378 e. The number of aromatic nitrogens is 2. The average Bonchev–Trinajstić information content (AvgIpc) is 3.02. The van der Waals surface area contributed by atoms with E-state index in [-0.39, 0.29) is 23.6 Å². The molecule has 1 atom stereocenters. The maximum absolute atomic E-state index is 13.0. The van der Waals surface area contributed by atoms with Gasteiger partial charge in [0.25, 0.3) is 5.91 Å². The van der Waals surface area contributed by atoms with E-state index in [4.69, 9.17) is 5.26 Å². The van der Waals surface area contributed by atoms with E-state index in [2.05, 4.69) is 10.4 Å². The second-order valence-corrected chi connectivity index (χ2v) is 6.08. The maximum atomic E-state index is 13.0. The van der Waals surface area contributed by atoms with Gasteiger partial charge in [-0.15, -0.1) is 0 Å². The number of benzene rings is 1. The molecule has 0 aliphatic carbocycles. The Balaban J connectivity index is 2.20. The lowest BCUT2D eigenvalue weighted by Crippen LogP contribution is -2.43. The Morgan fingerprint density at radius 2 is 2.04 bits per heavy atom. The number of nitriles is 1. The zero-order valence-electron chi connectivity index (χ0n) is 14.3. The van der Waals surface area contributed by atoms with Crippen LogP contribution in [-0.2, 0) is 17.5 Å². The standard InChI is InChI=1S/C17H15F3N4O3/c1-10(25)12-7-22-24(8-12)9-16(2,27)15(26)23-13-4-3-11(6-21)14(5-13)17(18,19)20/h3-5,7-8,27H,9H2,1-2H3,(H,23,26). The highest BCUT2D eigenvalue weighted by molar-refractivity contribution is 5.97. The molecule has 0 saturated heterocycles. The van der Waals surface area contributed by atoms with Crippen molar-refractivity contribution in [1.82, 2.24) is 9.78 Å². The number of carbonyl (C=O) groups excluding carboxylic acids is 2. The Hall–Kier alpha value is -3.19. The first kappa shape index (κ1) is 20.1. The highest BCUT2D eigenvalue weighted by atomic mass is 19.4. The molecule has 0 aliphatic rings. The van der Waals surface area contributed by atoms with Crippen LogP contribution in [0.5, 0.6) is 0 Å². The number of rotatable bonds is 5. The minimum atomic E-state index is -4.77. The molecule has 1 amide bonds. The molecule has 7 nitrogen and oxygen atoms in total. The number of ketones is 1. The molecule has 10 heteroatoms. The molecule has 142 valence electrons. The number of halogens is 3. The molecule has 1 aromatic heterocycles. The number of nitrogens with zero attached hydrogens (tertiary/aromatic N) is 3. The molecule has 0 spiro atoms. The van der Waals surface area contributed by atoms with E-state index in [1.807, 2.05) is 0 Å². The van der Waals surface area contributed by atoms with E-state index in [0.29, 0.717) is 6.07 Å². The van der Waals surface area contributed by atoms with Crippen molar-refractivity contribution in [2.45, 2.75) is 32.2 Å². The van der Waals surface area contributed by atoms with Gasteiger partial charge in [-0.3, -0.25) is 14.3 Å². The van der Waals surface area contributed by atoms with Crippen LogP contribution in [0.2, 0.25) is 0 Å². The fourth-order valence-electron chi connectivity index (χ4n) is 2.24. The summed E-state index contributed by atoms with van der Waals surface area (Å²) in [4.78, 5) is 23.5. The van der Waals surface area contributed by atoms with Crippen molar-refractivity contribution >= 4 is 17.4 Å². The molecule has 2 rings (SSSR count). The zero-order valence-corrected chi connectivity index (χ0v) is 14.3. The third-order valence-electron chi connectivity index (χ3n) is 3.70. The average molecular weight is 380 g/mol. The minimum Gasteiger partial charge on any atom is -0.378 e. The summed E-state index contributed by atoms with van der Waals surface area (Å²) in [6.07, 6.45) is -2.16. The molecular formula is C17H15F3N4O3. The molecule has 1 heterocycles. The summed E-state index contributed by atoms with van der Waals surface area (Å²) in [7, 11) is 0. The third kappa shape index (κ3) is 4.71. The van der Waals surface area contributed by atoms with Crippen LogP contribution >= 0.6 is 0 Å². The number of alkyl halides is 3. The molecule has 0 saturated carbocycles. The highest BCUT2D eigenvalue weighted by Crippen LogP contribution is 2.33. The lowest BCUT2D eigenvalue weighted by Gasteiger charge is -2.22. The van der Waals surface area contributed by atoms with Gasteiger partial charge in [-0.1, -0.05) is 0 Å². The zero-order chi connectivity index (χ0) is 20.4. The molecule has 27 heavy (non-hydrogen) atoms.